The Balaban J connectivity index is 2.01. The lowest BCUT2D eigenvalue weighted by atomic mass is 9.83. The van der Waals surface area contributed by atoms with E-state index >= 15 is 0 Å². The summed E-state index contributed by atoms with van der Waals surface area (Å²) in [6.45, 7) is 4.59. The third-order valence-corrected chi connectivity index (χ3v) is 4.14. The molecule has 2 saturated carbocycles. The van der Waals surface area contributed by atoms with Crippen LogP contribution < -0.4 is 0 Å². The fourth-order valence-corrected chi connectivity index (χ4v) is 2.69. The predicted molar refractivity (Wildman–Crippen MR) is 62.2 cm³/mol. The molecule has 1 atom stereocenters. The van der Waals surface area contributed by atoms with E-state index in [0.717, 1.165) is 5.57 Å². The minimum Gasteiger partial charge on any atom is -0.193 e. The monoisotopic (exact) mass is 203 g/mol. The average molecular weight is 203 g/mol. The Hall–Kier alpha value is -0.770. The summed E-state index contributed by atoms with van der Waals surface area (Å²) >= 11 is 0. The van der Waals surface area contributed by atoms with Gasteiger partial charge in [-0.2, -0.15) is 5.26 Å². The van der Waals surface area contributed by atoms with Gasteiger partial charge in [-0.05, 0) is 36.5 Å². The van der Waals surface area contributed by atoms with Crippen LogP contribution in [0.15, 0.2) is 11.6 Å². The first-order valence-corrected chi connectivity index (χ1v) is 6.25. The molecule has 0 spiro atoms. The summed E-state index contributed by atoms with van der Waals surface area (Å²) in [5.41, 5.74) is 1.56. The van der Waals surface area contributed by atoms with Crippen molar-refractivity contribution in [2.24, 2.45) is 17.3 Å². The lowest BCUT2D eigenvalue weighted by Gasteiger charge is -2.20. The second-order valence-corrected chi connectivity index (χ2v) is 5.87. The molecule has 0 aliphatic heterocycles. The van der Waals surface area contributed by atoms with Gasteiger partial charge >= 0.3 is 0 Å². The van der Waals surface area contributed by atoms with Crippen LogP contribution in [0.3, 0.4) is 0 Å². The highest BCUT2D eigenvalue weighted by atomic mass is 14.5. The van der Waals surface area contributed by atoms with E-state index in [1.54, 1.807) is 0 Å². The maximum Gasteiger partial charge on any atom is 0.0946 e. The van der Waals surface area contributed by atoms with E-state index in [2.05, 4.69) is 26.0 Å². The lowest BCUT2D eigenvalue weighted by Crippen LogP contribution is -2.08. The molecule has 1 heteroatoms. The van der Waals surface area contributed by atoms with E-state index in [1.807, 2.05) is 0 Å². The molecule has 15 heavy (non-hydrogen) atoms. The number of allylic oxidation sites excluding steroid dienone is 2. The van der Waals surface area contributed by atoms with Gasteiger partial charge < -0.3 is 0 Å². The number of hydrogen-bond acceptors (Lipinski definition) is 1. The van der Waals surface area contributed by atoms with Crippen LogP contribution in [-0.4, -0.2) is 0 Å². The van der Waals surface area contributed by atoms with Gasteiger partial charge in [0.1, 0.15) is 0 Å². The minimum atomic E-state index is 0.469. The van der Waals surface area contributed by atoms with Crippen molar-refractivity contribution in [3.8, 4) is 6.07 Å². The Morgan fingerprint density at radius 1 is 1.27 bits per heavy atom. The van der Waals surface area contributed by atoms with Crippen molar-refractivity contribution in [2.75, 3.05) is 0 Å². The summed E-state index contributed by atoms with van der Waals surface area (Å²) in [5.74, 6) is 1.26. The summed E-state index contributed by atoms with van der Waals surface area (Å²) in [5, 5.41) is 9.21. The molecule has 1 nitrogen and oxygen atoms in total. The Labute approximate surface area is 93.2 Å². The topological polar surface area (TPSA) is 23.8 Å². The van der Waals surface area contributed by atoms with Gasteiger partial charge in [0.2, 0.25) is 0 Å². The smallest absolute Gasteiger partial charge is 0.0946 e. The van der Waals surface area contributed by atoms with E-state index in [9.17, 15) is 5.26 Å². The van der Waals surface area contributed by atoms with Crippen LogP contribution in [0, 0.1) is 28.6 Å². The molecule has 0 saturated heterocycles. The van der Waals surface area contributed by atoms with Crippen molar-refractivity contribution in [1.82, 2.24) is 0 Å². The predicted octanol–water partition coefficient (Wildman–Crippen LogP) is 4.06. The van der Waals surface area contributed by atoms with Gasteiger partial charge in [0.25, 0.3) is 0 Å². The van der Waals surface area contributed by atoms with Crippen molar-refractivity contribution >= 4 is 0 Å². The van der Waals surface area contributed by atoms with Gasteiger partial charge in [0.15, 0.2) is 0 Å². The summed E-state index contributed by atoms with van der Waals surface area (Å²) in [6, 6.07) is 2.44. The molecule has 1 unspecified atom stereocenters. The molecule has 2 aliphatic rings. The third-order valence-electron chi connectivity index (χ3n) is 4.14. The Kier molecular flexibility index (Phi) is 2.87. The molecular weight excluding hydrogens is 182 g/mol. The van der Waals surface area contributed by atoms with Gasteiger partial charge in [-0.3, -0.25) is 0 Å². The van der Waals surface area contributed by atoms with Crippen LogP contribution >= 0.6 is 0 Å². The zero-order valence-corrected chi connectivity index (χ0v) is 9.92. The molecule has 0 radical (unpaired) electrons. The van der Waals surface area contributed by atoms with Crippen LogP contribution in [0.25, 0.3) is 0 Å². The number of nitrogens with zero attached hydrogens (tertiary/aromatic N) is 1. The van der Waals surface area contributed by atoms with Crippen LogP contribution in [-0.2, 0) is 0 Å². The molecule has 2 aliphatic carbocycles. The first kappa shape index (κ1) is 10.7. The molecule has 0 aromatic rings. The molecule has 82 valence electrons. The Morgan fingerprint density at radius 3 is 2.33 bits per heavy atom. The minimum absolute atomic E-state index is 0.469. The second kappa shape index (κ2) is 4.00. The fourth-order valence-electron chi connectivity index (χ4n) is 2.69. The molecule has 0 N–H and O–H groups in total. The Morgan fingerprint density at radius 2 is 1.87 bits per heavy atom. The van der Waals surface area contributed by atoms with E-state index in [-0.39, 0.29) is 0 Å². The molecule has 2 rings (SSSR count). The zero-order chi connectivity index (χ0) is 10.9. The van der Waals surface area contributed by atoms with Crippen molar-refractivity contribution < 1.29 is 0 Å². The first-order valence-electron chi connectivity index (χ1n) is 6.25. The standard InChI is InChI=1S/C14H21N/c1-14(2)9-13(14)8-12(10-15)11-6-4-3-5-7-11/h8,11,13H,3-7,9H2,1-2H3. The van der Waals surface area contributed by atoms with Crippen LogP contribution in [0.4, 0.5) is 0 Å². The van der Waals surface area contributed by atoms with Crippen molar-refractivity contribution in [3.05, 3.63) is 11.6 Å². The largest absolute Gasteiger partial charge is 0.193 e. The second-order valence-electron chi connectivity index (χ2n) is 5.87. The van der Waals surface area contributed by atoms with Gasteiger partial charge in [-0.15, -0.1) is 0 Å². The van der Waals surface area contributed by atoms with Crippen LogP contribution in [0.5, 0.6) is 0 Å². The number of rotatable bonds is 2. The SMILES string of the molecule is CC1(C)CC1C=C(C#N)C1CCCCC1. The third kappa shape index (κ3) is 2.43. The maximum absolute atomic E-state index is 9.21. The molecule has 0 aromatic carbocycles. The molecular formula is C14H21N. The highest BCUT2D eigenvalue weighted by Crippen LogP contribution is 2.53. The summed E-state index contributed by atoms with van der Waals surface area (Å²) in [4.78, 5) is 0. The normalized spacial score (nSPS) is 31.0. The van der Waals surface area contributed by atoms with Crippen LogP contribution in [0.2, 0.25) is 0 Å². The zero-order valence-electron chi connectivity index (χ0n) is 9.92. The molecule has 0 aromatic heterocycles. The molecule has 0 heterocycles. The molecule has 2 fully saturated rings. The molecule has 0 amide bonds. The summed E-state index contributed by atoms with van der Waals surface area (Å²) in [7, 11) is 0. The van der Waals surface area contributed by atoms with E-state index < -0.39 is 0 Å². The first-order chi connectivity index (χ1) is 7.13. The Bertz CT molecular complexity index is 300. The van der Waals surface area contributed by atoms with E-state index in [1.165, 1.54) is 38.5 Å². The maximum atomic E-state index is 9.21. The highest BCUT2D eigenvalue weighted by Gasteiger charge is 2.44. The summed E-state index contributed by atoms with van der Waals surface area (Å²) in [6.07, 6.45) is 10.0. The van der Waals surface area contributed by atoms with E-state index in [0.29, 0.717) is 17.3 Å². The van der Waals surface area contributed by atoms with Crippen molar-refractivity contribution in [1.29, 1.82) is 5.26 Å². The van der Waals surface area contributed by atoms with Gasteiger partial charge in [-0.25, -0.2) is 0 Å². The lowest BCUT2D eigenvalue weighted by molar-refractivity contribution is 0.408. The summed E-state index contributed by atoms with van der Waals surface area (Å²) < 4.78 is 0. The van der Waals surface area contributed by atoms with Gasteiger partial charge in [0, 0.05) is 5.57 Å². The molecule has 0 bridgehead atoms. The number of nitriles is 1. The number of hydrogen-bond donors (Lipinski definition) is 0. The fraction of sp³-hybridized carbons (Fsp3) is 0.786. The van der Waals surface area contributed by atoms with Crippen LogP contribution in [0.1, 0.15) is 52.4 Å². The van der Waals surface area contributed by atoms with Crippen molar-refractivity contribution in [2.45, 2.75) is 52.4 Å². The van der Waals surface area contributed by atoms with E-state index in [4.69, 9.17) is 0 Å². The highest BCUT2D eigenvalue weighted by molar-refractivity contribution is 5.28. The van der Waals surface area contributed by atoms with Crippen molar-refractivity contribution in [3.63, 3.8) is 0 Å². The quantitative estimate of drug-likeness (QED) is 0.621. The average Bonchev–Trinajstić information content (AvgIpc) is 2.84. The van der Waals surface area contributed by atoms with Gasteiger partial charge in [0.05, 0.1) is 6.07 Å². The van der Waals surface area contributed by atoms with Gasteiger partial charge in [-0.1, -0.05) is 39.2 Å².